The van der Waals surface area contributed by atoms with Crippen LogP contribution >= 0.6 is 0 Å². The van der Waals surface area contributed by atoms with Gasteiger partial charge in [-0.05, 0) is 48.6 Å². The highest BCUT2D eigenvalue weighted by Gasteiger charge is 2.38. The first-order chi connectivity index (χ1) is 7.88. The fraction of sp³-hybridized carbons (Fsp3) is 0.600. The molecule has 16 heavy (non-hydrogen) atoms. The minimum Gasteiger partial charge on any atom is -0.493 e. The van der Waals surface area contributed by atoms with E-state index >= 15 is 0 Å². The van der Waals surface area contributed by atoms with Crippen LogP contribution in [0.1, 0.15) is 44.1 Å². The van der Waals surface area contributed by atoms with Gasteiger partial charge in [-0.2, -0.15) is 0 Å². The SMILES string of the molecule is CC[C@H]1C[C@@H]1c1ccccc1OCC1CC1. The topological polar surface area (TPSA) is 9.23 Å². The largest absolute Gasteiger partial charge is 0.493 e. The highest BCUT2D eigenvalue weighted by atomic mass is 16.5. The highest BCUT2D eigenvalue weighted by molar-refractivity contribution is 5.39. The van der Waals surface area contributed by atoms with Crippen LogP contribution in [0.3, 0.4) is 0 Å². The lowest BCUT2D eigenvalue weighted by Crippen LogP contribution is -2.01. The lowest BCUT2D eigenvalue weighted by Gasteiger charge is -2.10. The molecule has 1 nitrogen and oxygen atoms in total. The van der Waals surface area contributed by atoms with Crippen molar-refractivity contribution in [3.8, 4) is 5.75 Å². The molecule has 0 N–H and O–H groups in total. The quantitative estimate of drug-likeness (QED) is 0.723. The fourth-order valence-corrected chi connectivity index (χ4v) is 2.49. The summed E-state index contributed by atoms with van der Waals surface area (Å²) >= 11 is 0. The normalized spacial score (nSPS) is 27.8. The summed E-state index contributed by atoms with van der Waals surface area (Å²) in [4.78, 5) is 0. The maximum Gasteiger partial charge on any atom is 0.122 e. The van der Waals surface area contributed by atoms with E-state index < -0.39 is 0 Å². The highest BCUT2D eigenvalue weighted by Crippen LogP contribution is 2.52. The summed E-state index contributed by atoms with van der Waals surface area (Å²) in [6.07, 6.45) is 5.40. The molecule has 1 aromatic carbocycles. The molecule has 1 heteroatoms. The summed E-state index contributed by atoms with van der Waals surface area (Å²) in [5.41, 5.74) is 1.45. The van der Waals surface area contributed by atoms with Crippen molar-refractivity contribution in [1.29, 1.82) is 0 Å². The van der Waals surface area contributed by atoms with Crippen molar-refractivity contribution in [3.63, 3.8) is 0 Å². The van der Waals surface area contributed by atoms with Gasteiger partial charge in [0.15, 0.2) is 0 Å². The van der Waals surface area contributed by atoms with Gasteiger partial charge >= 0.3 is 0 Å². The van der Waals surface area contributed by atoms with Crippen LogP contribution in [0.5, 0.6) is 5.75 Å². The summed E-state index contributed by atoms with van der Waals surface area (Å²) in [6, 6.07) is 8.63. The molecule has 2 fully saturated rings. The van der Waals surface area contributed by atoms with Gasteiger partial charge in [0.25, 0.3) is 0 Å². The second-order valence-electron chi connectivity index (χ2n) is 5.30. The number of para-hydroxylation sites is 1. The van der Waals surface area contributed by atoms with Crippen molar-refractivity contribution in [2.24, 2.45) is 11.8 Å². The van der Waals surface area contributed by atoms with Gasteiger partial charge in [0.1, 0.15) is 5.75 Å². The Hall–Kier alpha value is -0.980. The summed E-state index contributed by atoms with van der Waals surface area (Å²) in [5, 5.41) is 0. The van der Waals surface area contributed by atoms with Gasteiger partial charge < -0.3 is 4.74 Å². The van der Waals surface area contributed by atoms with Crippen molar-refractivity contribution in [2.45, 2.75) is 38.5 Å². The van der Waals surface area contributed by atoms with E-state index in [0.717, 1.165) is 30.1 Å². The summed E-state index contributed by atoms with van der Waals surface area (Å²) in [6.45, 7) is 3.22. The first kappa shape index (κ1) is 10.2. The number of rotatable bonds is 5. The molecule has 0 unspecified atom stereocenters. The molecule has 2 atom stereocenters. The Bertz CT molecular complexity index is 367. The molecule has 86 valence electrons. The molecule has 2 aliphatic carbocycles. The molecule has 2 aliphatic rings. The molecule has 3 rings (SSSR count). The van der Waals surface area contributed by atoms with Gasteiger partial charge in [-0.25, -0.2) is 0 Å². The Labute approximate surface area is 97.8 Å². The molecule has 0 aromatic heterocycles. The fourth-order valence-electron chi connectivity index (χ4n) is 2.49. The minimum atomic E-state index is 0.778. The average Bonchev–Trinajstić information content (AvgIpc) is 3.20. The molecule has 0 amide bonds. The Morgan fingerprint density at radius 1 is 1.25 bits per heavy atom. The van der Waals surface area contributed by atoms with E-state index in [0.29, 0.717) is 0 Å². The van der Waals surface area contributed by atoms with Crippen LogP contribution in [-0.4, -0.2) is 6.61 Å². The molecule has 0 bridgehead atoms. The molecule has 0 heterocycles. The van der Waals surface area contributed by atoms with Gasteiger partial charge in [0.2, 0.25) is 0 Å². The van der Waals surface area contributed by atoms with Gasteiger partial charge in [-0.3, -0.25) is 0 Å². The predicted octanol–water partition coefficient (Wildman–Crippen LogP) is 3.99. The van der Waals surface area contributed by atoms with Gasteiger partial charge in [0, 0.05) is 0 Å². The number of benzene rings is 1. The smallest absolute Gasteiger partial charge is 0.122 e. The molecule has 0 spiro atoms. The predicted molar refractivity (Wildman–Crippen MR) is 65.8 cm³/mol. The van der Waals surface area contributed by atoms with Gasteiger partial charge in [-0.15, -0.1) is 0 Å². The van der Waals surface area contributed by atoms with E-state index in [2.05, 4.69) is 31.2 Å². The molecule has 0 aliphatic heterocycles. The Balaban J connectivity index is 1.70. The van der Waals surface area contributed by atoms with Crippen molar-refractivity contribution >= 4 is 0 Å². The second kappa shape index (κ2) is 4.12. The maximum atomic E-state index is 5.96. The summed E-state index contributed by atoms with van der Waals surface area (Å²) in [7, 11) is 0. The van der Waals surface area contributed by atoms with Gasteiger partial charge in [0.05, 0.1) is 6.61 Å². The van der Waals surface area contributed by atoms with Crippen molar-refractivity contribution < 1.29 is 4.74 Å². The van der Waals surface area contributed by atoms with E-state index in [1.807, 2.05) is 0 Å². The van der Waals surface area contributed by atoms with Crippen molar-refractivity contribution in [3.05, 3.63) is 29.8 Å². The van der Waals surface area contributed by atoms with Crippen LogP contribution in [0, 0.1) is 11.8 Å². The number of ether oxygens (including phenoxy) is 1. The molecular weight excluding hydrogens is 196 g/mol. The third-order valence-corrected chi connectivity index (χ3v) is 3.94. The lowest BCUT2D eigenvalue weighted by molar-refractivity contribution is 0.296. The lowest BCUT2D eigenvalue weighted by atomic mass is 10.1. The third kappa shape index (κ3) is 2.09. The van der Waals surface area contributed by atoms with E-state index in [-0.39, 0.29) is 0 Å². The molecular formula is C15H20O. The summed E-state index contributed by atoms with van der Waals surface area (Å²) in [5.74, 6) is 3.68. The van der Waals surface area contributed by atoms with Crippen LogP contribution in [0.25, 0.3) is 0 Å². The zero-order valence-electron chi connectivity index (χ0n) is 9.99. The standard InChI is InChI=1S/C15H20O/c1-2-12-9-14(12)13-5-3-4-6-15(13)16-10-11-7-8-11/h3-6,11-12,14H,2,7-10H2,1H3/t12-,14-/m0/s1. The van der Waals surface area contributed by atoms with E-state index in [1.54, 1.807) is 0 Å². The second-order valence-corrected chi connectivity index (χ2v) is 5.30. The van der Waals surface area contributed by atoms with E-state index in [4.69, 9.17) is 4.74 Å². The van der Waals surface area contributed by atoms with Crippen LogP contribution in [-0.2, 0) is 0 Å². The van der Waals surface area contributed by atoms with Crippen LogP contribution in [0.15, 0.2) is 24.3 Å². The molecule has 0 radical (unpaired) electrons. The third-order valence-electron chi connectivity index (χ3n) is 3.94. The molecule has 0 saturated heterocycles. The number of hydrogen-bond acceptors (Lipinski definition) is 1. The van der Waals surface area contributed by atoms with E-state index in [9.17, 15) is 0 Å². The zero-order valence-corrected chi connectivity index (χ0v) is 9.99. The van der Waals surface area contributed by atoms with E-state index in [1.165, 1.54) is 31.2 Å². The number of hydrogen-bond donors (Lipinski definition) is 0. The average molecular weight is 216 g/mol. The van der Waals surface area contributed by atoms with Crippen LogP contribution < -0.4 is 4.74 Å². The monoisotopic (exact) mass is 216 g/mol. The maximum absolute atomic E-state index is 5.96. The first-order valence-corrected chi connectivity index (χ1v) is 6.60. The summed E-state index contributed by atoms with van der Waals surface area (Å²) < 4.78 is 5.96. The van der Waals surface area contributed by atoms with Gasteiger partial charge in [-0.1, -0.05) is 31.5 Å². The van der Waals surface area contributed by atoms with Crippen LogP contribution in [0.4, 0.5) is 0 Å². The Morgan fingerprint density at radius 2 is 2.06 bits per heavy atom. The van der Waals surface area contributed by atoms with Crippen LogP contribution in [0.2, 0.25) is 0 Å². The molecule has 2 saturated carbocycles. The van der Waals surface area contributed by atoms with Crippen molar-refractivity contribution in [1.82, 2.24) is 0 Å². The minimum absolute atomic E-state index is 0.778. The Morgan fingerprint density at radius 3 is 2.75 bits per heavy atom. The Kier molecular flexibility index (Phi) is 2.62. The van der Waals surface area contributed by atoms with Crippen molar-refractivity contribution in [2.75, 3.05) is 6.61 Å². The molecule has 1 aromatic rings. The first-order valence-electron chi connectivity index (χ1n) is 6.60. The zero-order chi connectivity index (χ0) is 11.0.